The number of carbonyl (C=O) groups excluding carboxylic acids is 2. The monoisotopic (exact) mass is 436 g/mol. The van der Waals surface area contributed by atoms with Gasteiger partial charge >= 0.3 is 5.69 Å². The lowest BCUT2D eigenvalue weighted by Gasteiger charge is -2.13. The number of nitro groups is 1. The SMILES string of the molecule is COc1cc(C=C2SC(=O)N(Cc3ccc4ccccc4c3)C2=O)cc([N+](=O)[O-])c1O. The Bertz CT molecular complexity index is 1270. The number of imide groups is 1. The number of phenolic OH excluding ortho intramolecular Hbond substituents is 1. The van der Waals surface area contributed by atoms with E-state index in [0.717, 1.165) is 39.1 Å². The first-order valence-corrected chi connectivity index (χ1v) is 9.97. The normalized spacial score (nSPS) is 15.1. The van der Waals surface area contributed by atoms with Gasteiger partial charge in [0, 0.05) is 6.07 Å². The fraction of sp³-hybridized carbons (Fsp3) is 0.0909. The molecule has 0 atom stereocenters. The van der Waals surface area contributed by atoms with Crippen molar-refractivity contribution in [2.75, 3.05) is 7.11 Å². The van der Waals surface area contributed by atoms with E-state index < -0.39 is 27.5 Å². The number of phenols is 1. The molecular formula is C22H16N2O6S. The van der Waals surface area contributed by atoms with Gasteiger partial charge in [0.2, 0.25) is 5.75 Å². The predicted octanol–water partition coefficient (Wildman–Crippen LogP) is 4.70. The van der Waals surface area contributed by atoms with Crippen LogP contribution in [0.1, 0.15) is 11.1 Å². The molecule has 4 rings (SSSR count). The van der Waals surface area contributed by atoms with Gasteiger partial charge in [-0.1, -0.05) is 36.4 Å². The highest BCUT2D eigenvalue weighted by Gasteiger charge is 2.35. The summed E-state index contributed by atoms with van der Waals surface area (Å²) >= 11 is 0.757. The maximum Gasteiger partial charge on any atom is 0.315 e. The number of amides is 2. The summed E-state index contributed by atoms with van der Waals surface area (Å²) in [6.07, 6.45) is 1.38. The lowest BCUT2D eigenvalue weighted by molar-refractivity contribution is -0.386. The predicted molar refractivity (Wildman–Crippen MR) is 117 cm³/mol. The summed E-state index contributed by atoms with van der Waals surface area (Å²) in [5, 5.41) is 22.7. The van der Waals surface area contributed by atoms with Crippen LogP contribution in [0.4, 0.5) is 10.5 Å². The third-order valence-corrected chi connectivity index (χ3v) is 5.73. The second-order valence-electron chi connectivity index (χ2n) is 6.80. The van der Waals surface area contributed by atoms with Crippen LogP contribution >= 0.6 is 11.8 Å². The van der Waals surface area contributed by atoms with Gasteiger partial charge in [0.1, 0.15) is 0 Å². The maximum atomic E-state index is 12.8. The number of ether oxygens (including phenoxy) is 1. The summed E-state index contributed by atoms with van der Waals surface area (Å²) in [5.74, 6) is -1.19. The Morgan fingerprint density at radius 2 is 1.87 bits per heavy atom. The molecule has 156 valence electrons. The molecule has 9 heteroatoms. The van der Waals surface area contributed by atoms with Crippen LogP contribution in [-0.4, -0.2) is 33.2 Å². The molecule has 1 aliphatic rings. The van der Waals surface area contributed by atoms with Crippen molar-refractivity contribution in [2.24, 2.45) is 0 Å². The molecule has 1 fully saturated rings. The summed E-state index contributed by atoms with van der Waals surface area (Å²) in [5.41, 5.74) is 0.516. The summed E-state index contributed by atoms with van der Waals surface area (Å²) < 4.78 is 4.97. The van der Waals surface area contributed by atoms with Crippen LogP contribution in [0, 0.1) is 10.1 Å². The average molecular weight is 436 g/mol. The minimum absolute atomic E-state index is 0.101. The number of rotatable bonds is 5. The van der Waals surface area contributed by atoms with Crippen molar-refractivity contribution in [3.8, 4) is 11.5 Å². The van der Waals surface area contributed by atoms with E-state index in [0.29, 0.717) is 0 Å². The molecule has 3 aromatic rings. The van der Waals surface area contributed by atoms with E-state index in [1.165, 1.54) is 19.3 Å². The Labute approximate surface area is 180 Å². The number of carbonyl (C=O) groups is 2. The van der Waals surface area contributed by atoms with E-state index in [4.69, 9.17) is 4.74 Å². The Morgan fingerprint density at radius 1 is 1.13 bits per heavy atom. The highest BCUT2D eigenvalue weighted by atomic mass is 32.2. The molecule has 0 aromatic heterocycles. The number of aromatic hydroxyl groups is 1. The summed E-state index contributed by atoms with van der Waals surface area (Å²) in [4.78, 5) is 37.0. The van der Waals surface area contributed by atoms with Gasteiger partial charge in [-0.15, -0.1) is 0 Å². The van der Waals surface area contributed by atoms with E-state index in [-0.39, 0.29) is 22.8 Å². The molecule has 0 saturated carbocycles. The quantitative estimate of drug-likeness (QED) is 0.351. The standard InChI is InChI=1S/C22H16N2O6S/c1-30-18-10-14(9-17(20(18)25)24(28)29)11-19-21(26)23(22(27)31-19)12-13-6-7-15-4-2-3-5-16(15)8-13/h2-11,25H,12H2,1H3. The Balaban J connectivity index is 1.62. The number of nitro benzene ring substituents is 1. The van der Waals surface area contributed by atoms with Gasteiger partial charge in [-0.2, -0.15) is 0 Å². The lowest BCUT2D eigenvalue weighted by atomic mass is 10.1. The van der Waals surface area contributed by atoms with E-state index in [2.05, 4.69) is 0 Å². The molecular weight excluding hydrogens is 420 g/mol. The van der Waals surface area contributed by atoms with Crippen LogP contribution in [0.25, 0.3) is 16.8 Å². The van der Waals surface area contributed by atoms with Crippen molar-refractivity contribution in [1.82, 2.24) is 4.90 Å². The van der Waals surface area contributed by atoms with Gasteiger partial charge in [-0.3, -0.25) is 24.6 Å². The Morgan fingerprint density at radius 3 is 2.58 bits per heavy atom. The number of thioether (sulfide) groups is 1. The van der Waals surface area contributed by atoms with Crippen LogP contribution in [0.5, 0.6) is 11.5 Å². The second kappa shape index (κ2) is 8.11. The third-order valence-electron chi connectivity index (χ3n) is 4.82. The van der Waals surface area contributed by atoms with Gasteiger partial charge in [-0.05, 0) is 51.9 Å². The third kappa shape index (κ3) is 3.95. The van der Waals surface area contributed by atoms with Gasteiger partial charge in [0.05, 0.1) is 23.5 Å². The number of nitrogens with zero attached hydrogens (tertiary/aromatic N) is 2. The van der Waals surface area contributed by atoms with Crippen LogP contribution in [0.15, 0.2) is 59.5 Å². The smallest absolute Gasteiger partial charge is 0.315 e. The van der Waals surface area contributed by atoms with E-state index in [1.54, 1.807) is 0 Å². The first-order chi connectivity index (χ1) is 14.9. The first kappa shape index (κ1) is 20.4. The number of methoxy groups -OCH3 is 1. The van der Waals surface area contributed by atoms with E-state index in [9.17, 15) is 24.8 Å². The summed E-state index contributed by atoms with van der Waals surface area (Å²) in [6, 6.07) is 16.0. The molecule has 31 heavy (non-hydrogen) atoms. The minimum Gasteiger partial charge on any atom is -0.500 e. The zero-order valence-electron chi connectivity index (χ0n) is 16.3. The van der Waals surface area contributed by atoms with Crippen LogP contribution < -0.4 is 4.74 Å². The lowest BCUT2D eigenvalue weighted by Crippen LogP contribution is -2.27. The zero-order chi connectivity index (χ0) is 22.1. The maximum absolute atomic E-state index is 12.8. The molecule has 0 unspecified atom stereocenters. The highest BCUT2D eigenvalue weighted by molar-refractivity contribution is 8.18. The Hall–Kier alpha value is -3.85. The number of hydrogen-bond donors (Lipinski definition) is 1. The van der Waals surface area contributed by atoms with Crippen molar-refractivity contribution in [2.45, 2.75) is 6.54 Å². The van der Waals surface area contributed by atoms with Crippen molar-refractivity contribution in [3.63, 3.8) is 0 Å². The highest BCUT2D eigenvalue weighted by Crippen LogP contribution is 2.39. The molecule has 8 nitrogen and oxygen atoms in total. The molecule has 0 aliphatic carbocycles. The Kier molecular flexibility index (Phi) is 5.35. The molecule has 0 radical (unpaired) electrons. The van der Waals surface area contributed by atoms with Crippen LogP contribution in [-0.2, 0) is 11.3 Å². The minimum atomic E-state index is -0.749. The molecule has 1 aliphatic heterocycles. The topological polar surface area (TPSA) is 110 Å². The number of hydrogen-bond acceptors (Lipinski definition) is 7. The van der Waals surface area contributed by atoms with Crippen LogP contribution in [0.3, 0.4) is 0 Å². The van der Waals surface area contributed by atoms with Gasteiger partial charge in [0.15, 0.2) is 5.75 Å². The zero-order valence-corrected chi connectivity index (χ0v) is 17.1. The largest absolute Gasteiger partial charge is 0.500 e. The molecule has 2 amide bonds. The summed E-state index contributed by atoms with van der Waals surface area (Å²) in [6.45, 7) is 0.117. The molecule has 0 bridgehead atoms. The number of benzene rings is 3. The van der Waals surface area contributed by atoms with Crippen LogP contribution in [0.2, 0.25) is 0 Å². The fourth-order valence-electron chi connectivity index (χ4n) is 3.30. The molecule has 1 saturated heterocycles. The first-order valence-electron chi connectivity index (χ1n) is 9.16. The fourth-order valence-corrected chi connectivity index (χ4v) is 4.14. The van der Waals surface area contributed by atoms with E-state index >= 15 is 0 Å². The van der Waals surface area contributed by atoms with E-state index in [1.807, 2.05) is 42.5 Å². The second-order valence-corrected chi connectivity index (χ2v) is 7.79. The van der Waals surface area contributed by atoms with Gasteiger partial charge in [-0.25, -0.2) is 0 Å². The van der Waals surface area contributed by atoms with Crippen molar-refractivity contribution in [1.29, 1.82) is 0 Å². The molecule has 3 aromatic carbocycles. The number of fused-ring (bicyclic) bond motifs is 1. The summed E-state index contributed by atoms with van der Waals surface area (Å²) in [7, 11) is 1.26. The van der Waals surface area contributed by atoms with Crippen molar-refractivity contribution < 1.29 is 24.4 Å². The van der Waals surface area contributed by atoms with Crippen molar-refractivity contribution in [3.05, 3.63) is 80.7 Å². The van der Waals surface area contributed by atoms with Gasteiger partial charge < -0.3 is 9.84 Å². The molecule has 0 spiro atoms. The van der Waals surface area contributed by atoms with Gasteiger partial charge in [0.25, 0.3) is 11.1 Å². The molecule has 1 N–H and O–H groups in total. The average Bonchev–Trinajstić information content (AvgIpc) is 3.01. The van der Waals surface area contributed by atoms with Crippen molar-refractivity contribution >= 4 is 45.4 Å². The molecule has 1 heterocycles.